The van der Waals surface area contributed by atoms with Gasteiger partial charge in [0, 0.05) is 18.7 Å². The van der Waals surface area contributed by atoms with Crippen LogP contribution in [0.2, 0.25) is 0 Å². The maximum Gasteiger partial charge on any atom is 0.251 e. The minimum Gasteiger partial charge on any atom is -0.497 e. The van der Waals surface area contributed by atoms with Gasteiger partial charge in [0.15, 0.2) is 0 Å². The standard InChI is InChI=1S/C19H24N2O5S/c1-13-10-17(26-4)18(11-14(13)2)27(23,24)21-9-8-20-19(22)15-6-5-7-16(12-15)25-3/h5-7,10-12,21H,8-9H2,1-4H3,(H,20,22). The normalized spacial score (nSPS) is 11.1. The van der Waals surface area contributed by atoms with Crippen LogP contribution >= 0.6 is 0 Å². The lowest BCUT2D eigenvalue weighted by Crippen LogP contribution is -2.34. The highest BCUT2D eigenvalue weighted by atomic mass is 32.2. The van der Waals surface area contributed by atoms with Gasteiger partial charge >= 0.3 is 0 Å². The van der Waals surface area contributed by atoms with Crippen LogP contribution in [0.3, 0.4) is 0 Å². The molecule has 0 aliphatic carbocycles. The maximum absolute atomic E-state index is 12.6. The molecule has 27 heavy (non-hydrogen) atoms. The monoisotopic (exact) mass is 392 g/mol. The Hall–Kier alpha value is -2.58. The second-order valence-electron chi connectivity index (χ2n) is 5.97. The maximum atomic E-state index is 12.6. The molecule has 0 aliphatic heterocycles. The van der Waals surface area contributed by atoms with E-state index in [-0.39, 0.29) is 29.6 Å². The van der Waals surface area contributed by atoms with Crippen molar-refractivity contribution < 1.29 is 22.7 Å². The predicted octanol–water partition coefficient (Wildman–Crippen LogP) is 2.03. The number of sulfonamides is 1. The lowest BCUT2D eigenvalue weighted by molar-refractivity contribution is 0.0954. The van der Waals surface area contributed by atoms with Gasteiger partial charge in [-0.3, -0.25) is 4.79 Å². The first-order valence-corrected chi connectivity index (χ1v) is 9.84. The quantitative estimate of drug-likeness (QED) is 0.671. The minimum absolute atomic E-state index is 0.0497. The van der Waals surface area contributed by atoms with E-state index in [2.05, 4.69) is 10.0 Å². The van der Waals surface area contributed by atoms with E-state index in [9.17, 15) is 13.2 Å². The number of methoxy groups -OCH3 is 2. The molecule has 2 aromatic rings. The van der Waals surface area contributed by atoms with Crippen LogP contribution in [0.5, 0.6) is 11.5 Å². The molecule has 146 valence electrons. The number of carbonyl (C=O) groups is 1. The van der Waals surface area contributed by atoms with Crippen LogP contribution in [0.4, 0.5) is 0 Å². The topological polar surface area (TPSA) is 93.7 Å². The van der Waals surface area contributed by atoms with E-state index in [0.717, 1.165) is 11.1 Å². The number of nitrogens with one attached hydrogen (secondary N) is 2. The van der Waals surface area contributed by atoms with Crippen LogP contribution in [-0.2, 0) is 10.0 Å². The van der Waals surface area contributed by atoms with Crippen molar-refractivity contribution in [1.29, 1.82) is 0 Å². The summed E-state index contributed by atoms with van der Waals surface area (Å²) < 4.78 is 37.9. The molecule has 7 nitrogen and oxygen atoms in total. The Morgan fingerprint density at radius 3 is 2.37 bits per heavy atom. The van der Waals surface area contributed by atoms with Gasteiger partial charge in [0.25, 0.3) is 5.91 Å². The summed E-state index contributed by atoms with van der Waals surface area (Å²) in [6, 6.07) is 9.98. The fourth-order valence-corrected chi connectivity index (χ4v) is 3.70. The van der Waals surface area contributed by atoms with Crippen LogP contribution in [0.25, 0.3) is 0 Å². The summed E-state index contributed by atoms with van der Waals surface area (Å²) >= 11 is 0. The van der Waals surface area contributed by atoms with Crippen molar-refractivity contribution in [3.63, 3.8) is 0 Å². The summed E-state index contributed by atoms with van der Waals surface area (Å²) in [4.78, 5) is 12.2. The highest BCUT2D eigenvalue weighted by Crippen LogP contribution is 2.27. The highest BCUT2D eigenvalue weighted by Gasteiger charge is 2.20. The summed E-state index contributed by atoms with van der Waals surface area (Å²) in [5.74, 6) is 0.549. The fraction of sp³-hybridized carbons (Fsp3) is 0.316. The van der Waals surface area contributed by atoms with Crippen LogP contribution in [0, 0.1) is 13.8 Å². The highest BCUT2D eigenvalue weighted by molar-refractivity contribution is 7.89. The molecule has 8 heteroatoms. The second-order valence-corrected chi connectivity index (χ2v) is 7.71. The van der Waals surface area contributed by atoms with Gasteiger partial charge in [0.2, 0.25) is 10.0 Å². The molecule has 2 rings (SSSR count). The number of carbonyl (C=O) groups excluding carboxylic acids is 1. The molecule has 0 aliphatic rings. The van der Waals surface area contributed by atoms with Crippen LogP contribution in [-0.4, -0.2) is 41.6 Å². The Balaban J connectivity index is 1.98. The Morgan fingerprint density at radius 1 is 1.00 bits per heavy atom. The first-order valence-electron chi connectivity index (χ1n) is 8.35. The zero-order chi connectivity index (χ0) is 20.0. The fourth-order valence-electron chi connectivity index (χ4n) is 2.44. The molecule has 1 amide bonds. The summed E-state index contributed by atoms with van der Waals surface area (Å²) in [7, 11) is -0.813. The Morgan fingerprint density at radius 2 is 1.70 bits per heavy atom. The first kappa shape index (κ1) is 20.7. The molecule has 0 aromatic heterocycles. The van der Waals surface area contributed by atoms with Gasteiger partial charge in [-0.15, -0.1) is 0 Å². The average Bonchev–Trinajstić information content (AvgIpc) is 2.66. The van der Waals surface area contributed by atoms with Gasteiger partial charge < -0.3 is 14.8 Å². The molecule has 0 bridgehead atoms. The van der Waals surface area contributed by atoms with Crippen molar-refractivity contribution in [2.75, 3.05) is 27.3 Å². The number of hydrogen-bond donors (Lipinski definition) is 2. The van der Waals surface area contributed by atoms with Crippen molar-refractivity contribution in [3.8, 4) is 11.5 Å². The lowest BCUT2D eigenvalue weighted by Gasteiger charge is -2.13. The SMILES string of the molecule is COc1cccc(C(=O)NCCNS(=O)(=O)c2cc(C)c(C)cc2OC)c1. The third kappa shape index (κ3) is 5.21. The van der Waals surface area contributed by atoms with Gasteiger partial charge in [-0.1, -0.05) is 6.07 Å². The number of benzene rings is 2. The van der Waals surface area contributed by atoms with Gasteiger partial charge in [-0.2, -0.15) is 0 Å². The van der Waals surface area contributed by atoms with Crippen molar-refractivity contribution >= 4 is 15.9 Å². The molecule has 0 saturated carbocycles. The third-order valence-corrected chi connectivity index (χ3v) is 5.59. The minimum atomic E-state index is -3.76. The van der Waals surface area contributed by atoms with Gasteiger partial charge in [0.1, 0.15) is 16.4 Å². The molecule has 0 saturated heterocycles. The van der Waals surface area contributed by atoms with Crippen LogP contribution in [0.1, 0.15) is 21.5 Å². The van der Waals surface area contributed by atoms with E-state index < -0.39 is 10.0 Å². The van der Waals surface area contributed by atoms with Gasteiger partial charge in [0.05, 0.1) is 14.2 Å². The third-order valence-electron chi connectivity index (χ3n) is 4.10. The molecule has 0 radical (unpaired) electrons. The first-order chi connectivity index (χ1) is 12.8. The van der Waals surface area contributed by atoms with E-state index >= 15 is 0 Å². The average molecular weight is 392 g/mol. The van der Waals surface area contributed by atoms with Crippen molar-refractivity contribution in [2.24, 2.45) is 0 Å². The molecular weight excluding hydrogens is 368 g/mol. The smallest absolute Gasteiger partial charge is 0.251 e. The zero-order valence-corrected chi connectivity index (χ0v) is 16.6. The zero-order valence-electron chi connectivity index (χ0n) is 15.8. The van der Waals surface area contributed by atoms with Crippen molar-refractivity contribution in [3.05, 3.63) is 53.1 Å². The molecule has 0 fully saturated rings. The number of hydrogen-bond acceptors (Lipinski definition) is 5. The molecule has 2 N–H and O–H groups in total. The van der Waals surface area contributed by atoms with Gasteiger partial charge in [-0.05, 0) is 55.3 Å². The Kier molecular flexibility index (Phi) is 6.81. The predicted molar refractivity (Wildman–Crippen MR) is 103 cm³/mol. The molecule has 2 aromatic carbocycles. The van der Waals surface area contributed by atoms with E-state index in [0.29, 0.717) is 11.3 Å². The van der Waals surface area contributed by atoms with Crippen molar-refractivity contribution in [2.45, 2.75) is 18.7 Å². The van der Waals surface area contributed by atoms with Crippen LogP contribution in [0.15, 0.2) is 41.3 Å². The second kappa shape index (κ2) is 8.88. The summed E-state index contributed by atoms with van der Waals surface area (Å²) in [6.45, 7) is 3.91. The molecule has 0 atom stereocenters. The van der Waals surface area contributed by atoms with Crippen LogP contribution < -0.4 is 19.5 Å². The van der Waals surface area contributed by atoms with Crippen molar-refractivity contribution in [1.82, 2.24) is 10.0 Å². The van der Waals surface area contributed by atoms with Gasteiger partial charge in [-0.25, -0.2) is 13.1 Å². The summed E-state index contributed by atoms with van der Waals surface area (Å²) in [5.41, 5.74) is 2.23. The molecule has 0 spiro atoms. The largest absolute Gasteiger partial charge is 0.497 e. The Bertz CT molecular complexity index is 926. The summed E-state index contributed by atoms with van der Waals surface area (Å²) in [5, 5.41) is 2.67. The number of aryl methyl sites for hydroxylation is 2. The molecule has 0 heterocycles. The summed E-state index contributed by atoms with van der Waals surface area (Å²) in [6.07, 6.45) is 0. The van der Waals surface area contributed by atoms with E-state index in [1.807, 2.05) is 13.8 Å². The number of ether oxygens (including phenoxy) is 2. The lowest BCUT2D eigenvalue weighted by atomic mass is 10.1. The van der Waals surface area contributed by atoms with E-state index in [1.165, 1.54) is 14.2 Å². The number of rotatable bonds is 8. The number of amides is 1. The molecule has 0 unspecified atom stereocenters. The molecular formula is C19H24N2O5S. The Labute approximate surface area is 159 Å². The van der Waals surface area contributed by atoms with E-state index in [4.69, 9.17) is 9.47 Å². The van der Waals surface area contributed by atoms with E-state index in [1.54, 1.807) is 36.4 Å².